The number of rotatable bonds is 5. The van der Waals surface area contributed by atoms with Gasteiger partial charge in [-0.1, -0.05) is 11.6 Å². The first-order valence-corrected chi connectivity index (χ1v) is 6.91. The Morgan fingerprint density at radius 2 is 2.21 bits per heavy atom. The van der Waals surface area contributed by atoms with Crippen molar-refractivity contribution >= 4 is 46.6 Å². The van der Waals surface area contributed by atoms with E-state index < -0.39 is 5.25 Å². The Hall–Kier alpha value is -1.40. The number of anilines is 2. The zero-order valence-electron chi connectivity index (χ0n) is 10.6. The third-order valence-corrected chi connectivity index (χ3v) is 3.73. The first-order valence-electron chi connectivity index (χ1n) is 5.48. The molecule has 0 fully saturated rings. The highest BCUT2D eigenvalue weighted by molar-refractivity contribution is 8.01. The average Bonchev–Trinajstić information content (AvgIpc) is 2.38. The SMILES string of the molecule is COC(=O)CSC(C)C(=O)Nc1ccc(N)cc1Cl. The molecule has 5 nitrogen and oxygen atoms in total. The lowest BCUT2D eigenvalue weighted by molar-refractivity contribution is -0.137. The van der Waals surface area contributed by atoms with Crippen molar-refractivity contribution < 1.29 is 14.3 Å². The quantitative estimate of drug-likeness (QED) is 0.643. The molecular weight excluding hydrogens is 288 g/mol. The molecule has 0 aliphatic heterocycles. The van der Waals surface area contributed by atoms with Gasteiger partial charge < -0.3 is 15.8 Å². The molecule has 0 aliphatic carbocycles. The van der Waals surface area contributed by atoms with Gasteiger partial charge in [-0.2, -0.15) is 0 Å². The topological polar surface area (TPSA) is 81.4 Å². The molecule has 0 spiro atoms. The highest BCUT2D eigenvalue weighted by Crippen LogP contribution is 2.25. The van der Waals surface area contributed by atoms with Crippen LogP contribution in [0.3, 0.4) is 0 Å². The molecule has 0 aliphatic rings. The minimum Gasteiger partial charge on any atom is -0.468 e. The lowest BCUT2D eigenvalue weighted by atomic mass is 10.2. The van der Waals surface area contributed by atoms with Crippen molar-refractivity contribution in [1.29, 1.82) is 0 Å². The zero-order valence-corrected chi connectivity index (χ0v) is 12.2. The Morgan fingerprint density at radius 3 is 2.79 bits per heavy atom. The Morgan fingerprint density at radius 1 is 1.53 bits per heavy atom. The molecule has 3 N–H and O–H groups in total. The van der Waals surface area contributed by atoms with Gasteiger partial charge in [0.25, 0.3) is 0 Å². The molecule has 0 radical (unpaired) electrons. The van der Waals surface area contributed by atoms with E-state index in [1.54, 1.807) is 25.1 Å². The highest BCUT2D eigenvalue weighted by Gasteiger charge is 2.16. The average molecular weight is 303 g/mol. The van der Waals surface area contributed by atoms with Gasteiger partial charge in [-0.3, -0.25) is 9.59 Å². The molecule has 7 heteroatoms. The fourth-order valence-corrected chi connectivity index (χ4v) is 2.15. The Kier molecular flexibility index (Phi) is 5.98. The molecule has 1 atom stereocenters. The number of nitrogens with two attached hydrogens (primary N) is 1. The molecule has 19 heavy (non-hydrogen) atoms. The second-order valence-electron chi connectivity index (χ2n) is 3.76. The number of carbonyl (C=O) groups excluding carboxylic acids is 2. The number of methoxy groups -OCH3 is 1. The van der Waals surface area contributed by atoms with Crippen molar-refractivity contribution in [3.05, 3.63) is 23.2 Å². The highest BCUT2D eigenvalue weighted by atomic mass is 35.5. The summed E-state index contributed by atoms with van der Waals surface area (Å²) < 4.78 is 4.50. The fourth-order valence-electron chi connectivity index (χ4n) is 1.19. The maximum atomic E-state index is 11.9. The van der Waals surface area contributed by atoms with Gasteiger partial charge in [-0.15, -0.1) is 11.8 Å². The van der Waals surface area contributed by atoms with Crippen molar-refractivity contribution in [3.63, 3.8) is 0 Å². The van der Waals surface area contributed by atoms with Crippen LogP contribution in [0.15, 0.2) is 18.2 Å². The normalized spacial score (nSPS) is 11.7. The molecule has 104 valence electrons. The summed E-state index contributed by atoms with van der Waals surface area (Å²) in [5.74, 6) is -0.476. The predicted molar refractivity (Wildman–Crippen MR) is 78.4 cm³/mol. The van der Waals surface area contributed by atoms with Crippen LogP contribution < -0.4 is 11.1 Å². The molecular formula is C12H15ClN2O3S. The summed E-state index contributed by atoms with van der Waals surface area (Å²) in [4.78, 5) is 22.9. The van der Waals surface area contributed by atoms with Crippen LogP contribution in [0.4, 0.5) is 11.4 Å². The van der Waals surface area contributed by atoms with Crippen molar-refractivity contribution in [3.8, 4) is 0 Å². The molecule has 1 amide bonds. The van der Waals surface area contributed by atoms with Gasteiger partial charge in [-0.05, 0) is 25.1 Å². The number of hydrogen-bond acceptors (Lipinski definition) is 5. The summed E-state index contributed by atoms with van der Waals surface area (Å²) >= 11 is 7.14. The van der Waals surface area contributed by atoms with Crippen LogP contribution in [0.25, 0.3) is 0 Å². The van der Waals surface area contributed by atoms with Gasteiger partial charge in [0.1, 0.15) is 0 Å². The van der Waals surface area contributed by atoms with Crippen molar-refractivity contribution in [2.24, 2.45) is 0 Å². The van der Waals surface area contributed by atoms with Crippen molar-refractivity contribution in [2.45, 2.75) is 12.2 Å². The van der Waals surface area contributed by atoms with Crippen LogP contribution in [0.5, 0.6) is 0 Å². The number of amides is 1. The van der Waals surface area contributed by atoms with Crippen LogP contribution in [0.1, 0.15) is 6.92 Å². The number of benzene rings is 1. The summed E-state index contributed by atoms with van der Waals surface area (Å²) in [6.45, 7) is 1.70. The number of hydrogen-bond donors (Lipinski definition) is 2. The zero-order chi connectivity index (χ0) is 14.4. The minimum atomic E-state index is -0.396. The molecule has 0 heterocycles. The first kappa shape index (κ1) is 15.7. The standard InChI is InChI=1S/C12H15ClN2O3S/c1-7(19-6-11(16)18-2)12(17)15-10-4-3-8(14)5-9(10)13/h3-5,7H,6,14H2,1-2H3,(H,15,17). The van der Waals surface area contributed by atoms with Gasteiger partial charge in [0.15, 0.2) is 0 Å². The van der Waals surface area contributed by atoms with E-state index in [-0.39, 0.29) is 17.6 Å². The number of nitrogens with one attached hydrogen (secondary N) is 1. The summed E-state index contributed by atoms with van der Waals surface area (Å²) in [6, 6.07) is 4.84. The second-order valence-corrected chi connectivity index (χ2v) is 5.49. The largest absolute Gasteiger partial charge is 0.468 e. The van der Waals surface area contributed by atoms with E-state index in [0.29, 0.717) is 16.4 Å². The van der Waals surface area contributed by atoms with Gasteiger partial charge in [0, 0.05) is 5.69 Å². The summed E-state index contributed by atoms with van der Waals surface area (Å²) in [7, 11) is 1.31. The molecule has 0 bridgehead atoms. The maximum absolute atomic E-state index is 11.9. The molecule has 1 rings (SSSR count). The number of esters is 1. The van der Waals surface area contributed by atoms with Gasteiger partial charge in [-0.25, -0.2) is 0 Å². The summed E-state index contributed by atoms with van der Waals surface area (Å²) in [6.07, 6.45) is 0. The van der Waals surface area contributed by atoms with E-state index in [4.69, 9.17) is 17.3 Å². The van der Waals surface area contributed by atoms with Crippen LogP contribution in [0, 0.1) is 0 Å². The Balaban J connectivity index is 2.56. The van der Waals surface area contributed by atoms with Crippen LogP contribution in [0.2, 0.25) is 5.02 Å². The second kappa shape index (κ2) is 7.25. The number of halogens is 1. The smallest absolute Gasteiger partial charge is 0.315 e. The van der Waals surface area contributed by atoms with Crippen molar-refractivity contribution in [2.75, 3.05) is 23.9 Å². The lowest BCUT2D eigenvalue weighted by Crippen LogP contribution is -2.24. The summed E-state index contributed by atoms with van der Waals surface area (Å²) in [5, 5.41) is 2.66. The molecule has 1 unspecified atom stereocenters. The van der Waals surface area contributed by atoms with Crippen LogP contribution >= 0.6 is 23.4 Å². The number of ether oxygens (including phenoxy) is 1. The molecule has 1 aromatic rings. The third kappa shape index (κ3) is 5.00. The molecule has 0 saturated heterocycles. The third-order valence-electron chi connectivity index (χ3n) is 2.30. The number of nitrogen functional groups attached to an aromatic ring is 1. The maximum Gasteiger partial charge on any atom is 0.315 e. The van der Waals surface area contributed by atoms with E-state index in [0.717, 1.165) is 0 Å². The molecule has 1 aromatic carbocycles. The van der Waals surface area contributed by atoms with Crippen LogP contribution in [-0.2, 0) is 14.3 Å². The van der Waals surface area contributed by atoms with Gasteiger partial charge in [0.05, 0.1) is 28.8 Å². The van der Waals surface area contributed by atoms with E-state index in [9.17, 15) is 9.59 Å². The Labute approximate surface area is 120 Å². The van der Waals surface area contributed by atoms with Gasteiger partial charge >= 0.3 is 5.97 Å². The van der Waals surface area contributed by atoms with Gasteiger partial charge in [0.2, 0.25) is 5.91 Å². The monoisotopic (exact) mass is 302 g/mol. The predicted octanol–water partition coefficient (Wildman–Crippen LogP) is 2.16. The molecule has 0 saturated carbocycles. The minimum absolute atomic E-state index is 0.126. The van der Waals surface area contributed by atoms with Crippen molar-refractivity contribution in [1.82, 2.24) is 0 Å². The van der Waals surface area contributed by atoms with E-state index in [1.807, 2.05) is 0 Å². The van der Waals surface area contributed by atoms with E-state index in [2.05, 4.69) is 10.1 Å². The first-order chi connectivity index (χ1) is 8.93. The van der Waals surface area contributed by atoms with E-state index in [1.165, 1.54) is 18.9 Å². The summed E-state index contributed by atoms with van der Waals surface area (Å²) in [5.41, 5.74) is 6.58. The number of thioether (sulfide) groups is 1. The van der Waals surface area contributed by atoms with E-state index >= 15 is 0 Å². The number of carbonyl (C=O) groups is 2. The van der Waals surface area contributed by atoms with Crippen LogP contribution in [-0.4, -0.2) is 30.0 Å². The lowest BCUT2D eigenvalue weighted by Gasteiger charge is -2.12. The fraction of sp³-hybridized carbons (Fsp3) is 0.333. The Bertz CT molecular complexity index is 482. The molecule has 0 aromatic heterocycles.